The quantitative estimate of drug-likeness (QED) is 0.813. The van der Waals surface area contributed by atoms with Gasteiger partial charge in [-0.05, 0) is 17.7 Å². The summed E-state index contributed by atoms with van der Waals surface area (Å²) in [6.45, 7) is 0.864. The first-order valence-electron chi connectivity index (χ1n) is 5.84. The summed E-state index contributed by atoms with van der Waals surface area (Å²) in [4.78, 5) is 13.7. The summed E-state index contributed by atoms with van der Waals surface area (Å²) in [7, 11) is 0. The largest absolute Gasteiger partial charge is 0.459 e. The Morgan fingerprint density at radius 1 is 1.17 bits per heavy atom. The summed E-state index contributed by atoms with van der Waals surface area (Å²) in [5, 5.41) is 0. The minimum atomic E-state index is -0.126. The van der Waals surface area contributed by atoms with Crippen molar-refractivity contribution in [3.63, 3.8) is 0 Å². The van der Waals surface area contributed by atoms with Crippen molar-refractivity contribution in [3.05, 3.63) is 60.1 Å². The number of hydrogen-bond acceptors (Lipinski definition) is 3. The van der Waals surface area contributed by atoms with Gasteiger partial charge >= 0.3 is 0 Å². The molecule has 0 radical (unpaired) electrons. The van der Waals surface area contributed by atoms with Gasteiger partial charge < -0.3 is 14.1 Å². The van der Waals surface area contributed by atoms with E-state index in [1.54, 1.807) is 17.0 Å². The minimum Gasteiger partial charge on any atom is -0.459 e. The predicted molar refractivity (Wildman–Crippen MR) is 64.9 cm³/mol. The number of benzene rings is 1. The van der Waals surface area contributed by atoms with Gasteiger partial charge in [0.25, 0.3) is 5.91 Å². The second-order valence-electron chi connectivity index (χ2n) is 4.20. The first-order valence-corrected chi connectivity index (χ1v) is 5.84. The summed E-state index contributed by atoms with van der Waals surface area (Å²) in [6, 6.07) is 13.3. The zero-order valence-corrected chi connectivity index (χ0v) is 9.78. The standard InChI is InChI=1S/C14H13NO3/c16-14(12-7-4-8-17-12)15-9-13(18-10-15)11-5-2-1-3-6-11/h1-8,13H,9-10H2. The lowest BCUT2D eigenvalue weighted by atomic mass is 10.1. The van der Waals surface area contributed by atoms with Crippen molar-refractivity contribution in [2.45, 2.75) is 6.10 Å². The maximum absolute atomic E-state index is 12.0. The SMILES string of the molecule is O=C(c1ccco1)N1COC(c2ccccc2)C1. The van der Waals surface area contributed by atoms with Crippen molar-refractivity contribution >= 4 is 5.91 Å². The third-order valence-corrected chi connectivity index (χ3v) is 3.01. The van der Waals surface area contributed by atoms with E-state index in [0.29, 0.717) is 19.0 Å². The highest BCUT2D eigenvalue weighted by atomic mass is 16.5. The van der Waals surface area contributed by atoms with Gasteiger partial charge in [0, 0.05) is 0 Å². The fourth-order valence-corrected chi connectivity index (χ4v) is 2.05. The molecule has 1 amide bonds. The molecule has 4 heteroatoms. The van der Waals surface area contributed by atoms with Gasteiger partial charge in [0.05, 0.1) is 12.8 Å². The maximum Gasteiger partial charge on any atom is 0.291 e. The van der Waals surface area contributed by atoms with Crippen LogP contribution < -0.4 is 0 Å². The van der Waals surface area contributed by atoms with E-state index in [9.17, 15) is 4.79 Å². The summed E-state index contributed by atoms with van der Waals surface area (Å²) in [5.74, 6) is 0.228. The van der Waals surface area contributed by atoms with Gasteiger partial charge in [0.1, 0.15) is 12.8 Å². The Hall–Kier alpha value is -2.07. The van der Waals surface area contributed by atoms with Gasteiger partial charge in [-0.15, -0.1) is 0 Å². The van der Waals surface area contributed by atoms with Gasteiger partial charge in [0.15, 0.2) is 5.76 Å². The highest BCUT2D eigenvalue weighted by Crippen LogP contribution is 2.25. The van der Waals surface area contributed by atoms with Crippen LogP contribution in [0.4, 0.5) is 0 Å². The van der Waals surface area contributed by atoms with Gasteiger partial charge in [-0.3, -0.25) is 4.79 Å². The Morgan fingerprint density at radius 3 is 2.72 bits per heavy atom. The van der Waals surface area contributed by atoms with Crippen LogP contribution in [0.2, 0.25) is 0 Å². The van der Waals surface area contributed by atoms with E-state index >= 15 is 0 Å². The fraction of sp³-hybridized carbons (Fsp3) is 0.214. The summed E-state index contributed by atoms with van der Waals surface area (Å²) in [5.41, 5.74) is 1.09. The van der Waals surface area contributed by atoms with E-state index in [1.165, 1.54) is 6.26 Å². The molecule has 18 heavy (non-hydrogen) atoms. The van der Waals surface area contributed by atoms with Crippen molar-refractivity contribution in [1.82, 2.24) is 4.90 Å². The van der Waals surface area contributed by atoms with Crippen molar-refractivity contribution in [1.29, 1.82) is 0 Å². The molecule has 2 aromatic rings. The maximum atomic E-state index is 12.0. The third-order valence-electron chi connectivity index (χ3n) is 3.01. The number of rotatable bonds is 2. The van der Waals surface area contributed by atoms with Gasteiger partial charge in [0.2, 0.25) is 0 Å². The zero-order valence-electron chi connectivity index (χ0n) is 9.78. The summed E-state index contributed by atoms with van der Waals surface area (Å²) in [6.07, 6.45) is 1.45. The number of carbonyl (C=O) groups excluding carboxylic acids is 1. The van der Waals surface area contributed by atoms with E-state index in [0.717, 1.165) is 5.56 Å². The molecule has 1 atom stereocenters. The first kappa shape index (κ1) is 11.0. The normalized spacial score (nSPS) is 19.1. The van der Waals surface area contributed by atoms with Crippen LogP contribution in [0.5, 0.6) is 0 Å². The highest BCUT2D eigenvalue weighted by Gasteiger charge is 2.29. The molecule has 1 unspecified atom stereocenters. The highest BCUT2D eigenvalue weighted by molar-refractivity contribution is 5.91. The van der Waals surface area contributed by atoms with Crippen molar-refractivity contribution in [2.75, 3.05) is 13.3 Å². The van der Waals surface area contributed by atoms with Crippen molar-refractivity contribution in [3.8, 4) is 0 Å². The van der Waals surface area contributed by atoms with Crippen LogP contribution >= 0.6 is 0 Å². The van der Waals surface area contributed by atoms with E-state index < -0.39 is 0 Å². The van der Waals surface area contributed by atoms with E-state index in [4.69, 9.17) is 9.15 Å². The minimum absolute atomic E-state index is 0.0508. The number of carbonyl (C=O) groups is 1. The molecule has 3 rings (SSSR count). The van der Waals surface area contributed by atoms with E-state index in [-0.39, 0.29) is 12.0 Å². The summed E-state index contributed by atoms with van der Waals surface area (Å²) >= 11 is 0. The topological polar surface area (TPSA) is 42.7 Å². The summed E-state index contributed by atoms with van der Waals surface area (Å²) < 4.78 is 10.7. The number of ether oxygens (including phenoxy) is 1. The van der Waals surface area contributed by atoms with Crippen LogP contribution in [0.1, 0.15) is 22.2 Å². The molecule has 4 nitrogen and oxygen atoms in total. The molecule has 1 aromatic heterocycles. The van der Waals surface area contributed by atoms with Crippen LogP contribution in [-0.2, 0) is 4.74 Å². The molecule has 0 N–H and O–H groups in total. The third kappa shape index (κ3) is 2.02. The van der Waals surface area contributed by atoms with E-state index in [1.807, 2.05) is 30.3 Å². The fourth-order valence-electron chi connectivity index (χ4n) is 2.05. The van der Waals surface area contributed by atoms with Crippen molar-refractivity contribution in [2.24, 2.45) is 0 Å². The Bertz CT molecular complexity index is 521. The van der Waals surface area contributed by atoms with Crippen LogP contribution in [0.25, 0.3) is 0 Å². The van der Waals surface area contributed by atoms with Crippen LogP contribution in [0.15, 0.2) is 53.1 Å². The average molecular weight is 243 g/mol. The monoisotopic (exact) mass is 243 g/mol. The van der Waals surface area contributed by atoms with Gasteiger partial charge in [-0.25, -0.2) is 0 Å². The Labute approximate surface area is 105 Å². The molecule has 2 heterocycles. The lowest BCUT2D eigenvalue weighted by molar-refractivity contribution is 0.0604. The predicted octanol–water partition coefficient (Wildman–Crippen LogP) is 2.45. The molecule has 0 spiro atoms. The molecule has 1 aliphatic heterocycles. The zero-order chi connectivity index (χ0) is 12.4. The van der Waals surface area contributed by atoms with E-state index in [2.05, 4.69) is 0 Å². The van der Waals surface area contributed by atoms with Crippen LogP contribution in [0.3, 0.4) is 0 Å². The first-order chi connectivity index (χ1) is 8.84. The van der Waals surface area contributed by atoms with Crippen molar-refractivity contribution < 1.29 is 13.9 Å². The second kappa shape index (κ2) is 4.66. The number of furan rings is 1. The molecule has 1 saturated heterocycles. The van der Waals surface area contributed by atoms with Gasteiger partial charge in [-0.1, -0.05) is 30.3 Å². The number of amides is 1. The molecule has 1 aliphatic rings. The molecule has 0 aliphatic carbocycles. The number of hydrogen-bond donors (Lipinski definition) is 0. The molecule has 0 saturated carbocycles. The van der Waals surface area contributed by atoms with Crippen LogP contribution in [-0.4, -0.2) is 24.1 Å². The molecule has 92 valence electrons. The molecular formula is C14H13NO3. The Balaban J connectivity index is 1.71. The molecule has 0 bridgehead atoms. The average Bonchev–Trinajstić information content (AvgIpc) is 3.10. The Morgan fingerprint density at radius 2 is 2.00 bits per heavy atom. The molecular weight excluding hydrogens is 230 g/mol. The lowest BCUT2D eigenvalue weighted by Crippen LogP contribution is -2.28. The molecule has 1 aromatic carbocycles. The molecule has 1 fully saturated rings. The Kier molecular flexibility index (Phi) is 2.86. The number of nitrogens with zero attached hydrogens (tertiary/aromatic N) is 1. The van der Waals surface area contributed by atoms with Gasteiger partial charge in [-0.2, -0.15) is 0 Å². The second-order valence-corrected chi connectivity index (χ2v) is 4.20. The lowest BCUT2D eigenvalue weighted by Gasteiger charge is -2.12. The smallest absolute Gasteiger partial charge is 0.291 e. The van der Waals surface area contributed by atoms with Crippen LogP contribution in [0, 0.1) is 0 Å².